The lowest BCUT2D eigenvalue weighted by Crippen LogP contribution is -2.48. The molecule has 0 aliphatic carbocycles. The molecule has 1 amide bonds. The Morgan fingerprint density at radius 2 is 2.04 bits per heavy atom. The molecule has 1 saturated heterocycles. The van der Waals surface area contributed by atoms with Gasteiger partial charge in [-0.1, -0.05) is 6.07 Å². The van der Waals surface area contributed by atoms with Gasteiger partial charge in [-0.15, -0.1) is 0 Å². The number of pyridine rings is 1. The molecule has 1 fully saturated rings. The number of nitrogens with one attached hydrogen (secondary N) is 1. The van der Waals surface area contributed by atoms with Gasteiger partial charge in [0.1, 0.15) is 17.6 Å². The summed E-state index contributed by atoms with van der Waals surface area (Å²) in [5, 5.41) is 21.5. The van der Waals surface area contributed by atoms with Crippen LogP contribution in [0.5, 0.6) is 5.75 Å². The van der Waals surface area contributed by atoms with E-state index < -0.39 is 0 Å². The largest absolute Gasteiger partial charge is 0.508 e. The molecule has 0 spiro atoms. The fraction of sp³-hybridized carbons (Fsp3) is 0.316. The van der Waals surface area contributed by atoms with Gasteiger partial charge in [0.25, 0.3) is 5.91 Å². The quantitative estimate of drug-likeness (QED) is 0.841. The summed E-state index contributed by atoms with van der Waals surface area (Å²) in [5.74, 6) is 0.638. The van der Waals surface area contributed by atoms with Crippen molar-refractivity contribution >= 4 is 11.7 Å². The summed E-state index contributed by atoms with van der Waals surface area (Å²) in [7, 11) is 0. The Kier molecular flexibility index (Phi) is 5.66. The molecule has 1 aliphatic rings. The first kappa shape index (κ1) is 17.7. The standard InChI is InChI=1S/C19H21N5O2/c20-14-16-4-2-6-21-18(16)24-11-9-23(10-12-24)8-7-22-19(26)15-3-1-5-17(25)13-15/h1-6,13,25H,7-12H2,(H,22,26). The lowest BCUT2D eigenvalue weighted by atomic mass is 10.2. The van der Waals surface area contributed by atoms with Crippen molar-refractivity contribution in [2.75, 3.05) is 44.2 Å². The normalized spacial score (nSPS) is 14.7. The van der Waals surface area contributed by atoms with E-state index in [0.29, 0.717) is 17.7 Å². The number of aromatic nitrogens is 1. The number of phenolic OH excluding ortho intramolecular Hbond substituents is 1. The number of carbonyl (C=O) groups is 1. The molecule has 0 radical (unpaired) electrons. The summed E-state index contributed by atoms with van der Waals surface area (Å²) in [6, 6.07) is 12.1. The van der Waals surface area contributed by atoms with Gasteiger partial charge in [0.05, 0.1) is 5.56 Å². The summed E-state index contributed by atoms with van der Waals surface area (Å²) in [6.45, 7) is 4.60. The van der Waals surface area contributed by atoms with E-state index in [-0.39, 0.29) is 11.7 Å². The van der Waals surface area contributed by atoms with Crippen LogP contribution in [0.3, 0.4) is 0 Å². The van der Waals surface area contributed by atoms with E-state index in [9.17, 15) is 15.2 Å². The van der Waals surface area contributed by atoms with Gasteiger partial charge in [0.2, 0.25) is 0 Å². The molecule has 26 heavy (non-hydrogen) atoms. The highest BCUT2D eigenvalue weighted by Gasteiger charge is 2.20. The second-order valence-electron chi connectivity index (χ2n) is 6.12. The lowest BCUT2D eigenvalue weighted by molar-refractivity contribution is 0.0947. The van der Waals surface area contributed by atoms with E-state index >= 15 is 0 Å². The number of carbonyl (C=O) groups excluding carboxylic acids is 1. The van der Waals surface area contributed by atoms with Gasteiger partial charge in [-0.2, -0.15) is 5.26 Å². The molecule has 0 saturated carbocycles. The number of hydrogen-bond acceptors (Lipinski definition) is 6. The summed E-state index contributed by atoms with van der Waals surface area (Å²) < 4.78 is 0. The van der Waals surface area contributed by atoms with Crippen LogP contribution in [-0.2, 0) is 0 Å². The minimum Gasteiger partial charge on any atom is -0.508 e. The predicted molar refractivity (Wildman–Crippen MR) is 98.0 cm³/mol. The average molecular weight is 351 g/mol. The number of hydrogen-bond donors (Lipinski definition) is 2. The van der Waals surface area contributed by atoms with Crippen LogP contribution >= 0.6 is 0 Å². The van der Waals surface area contributed by atoms with E-state index in [1.54, 1.807) is 30.5 Å². The van der Waals surface area contributed by atoms with Gasteiger partial charge in [-0.3, -0.25) is 9.69 Å². The Balaban J connectivity index is 1.45. The third kappa shape index (κ3) is 4.29. The molecular weight excluding hydrogens is 330 g/mol. The highest BCUT2D eigenvalue weighted by atomic mass is 16.3. The SMILES string of the molecule is N#Cc1cccnc1N1CCN(CCNC(=O)c2cccc(O)c2)CC1. The van der Waals surface area contributed by atoms with E-state index in [4.69, 9.17) is 0 Å². The molecule has 0 unspecified atom stereocenters. The van der Waals surface area contributed by atoms with Gasteiger partial charge >= 0.3 is 0 Å². The molecule has 3 rings (SSSR count). The zero-order valence-electron chi connectivity index (χ0n) is 14.4. The Morgan fingerprint density at radius 1 is 1.23 bits per heavy atom. The van der Waals surface area contributed by atoms with Crippen LogP contribution in [0.2, 0.25) is 0 Å². The molecule has 2 aromatic rings. The molecule has 1 aromatic heterocycles. The number of nitrogens with zero attached hydrogens (tertiary/aromatic N) is 4. The van der Waals surface area contributed by atoms with Crippen LogP contribution in [0.15, 0.2) is 42.6 Å². The van der Waals surface area contributed by atoms with Gasteiger partial charge in [0.15, 0.2) is 0 Å². The minimum absolute atomic E-state index is 0.0834. The van der Waals surface area contributed by atoms with Crippen LogP contribution in [0.1, 0.15) is 15.9 Å². The van der Waals surface area contributed by atoms with Crippen molar-refractivity contribution < 1.29 is 9.90 Å². The topological polar surface area (TPSA) is 92.5 Å². The smallest absolute Gasteiger partial charge is 0.251 e. The van der Waals surface area contributed by atoms with E-state index in [0.717, 1.165) is 38.5 Å². The molecule has 2 heterocycles. The van der Waals surface area contributed by atoms with Crippen molar-refractivity contribution in [3.8, 4) is 11.8 Å². The van der Waals surface area contributed by atoms with E-state index in [2.05, 4.69) is 26.2 Å². The Labute approximate surface area is 152 Å². The highest BCUT2D eigenvalue weighted by Crippen LogP contribution is 2.17. The van der Waals surface area contributed by atoms with Crippen molar-refractivity contribution in [3.05, 3.63) is 53.7 Å². The van der Waals surface area contributed by atoms with Gasteiger partial charge in [-0.25, -0.2) is 4.98 Å². The first-order valence-corrected chi connectivity index (χ1v) is 8.57. The predicted octanol–water partition coefficient (Wildman–Crippen LogP) is 1.21. The number of amides is 1. The first-order valence-electron chi connectivity index (χ1n) is 8.57. The van der Waals surface area contributed by atoms with Crippen LogP contribution < -0.4 is 10.2 Å². The summed E-state index contributed by atoms with van der Waals surface area (Å²) >= 11 is 0. The molecule has 1 aliphatic heterocycles. The van der Waals surface area contributed by atoms with Crippen molar-refractivity contribution in [1.29, 1.82) is 5.26 Å². The zero-order chi connectivity index (χ0) is 18.4. The number of nitriles is 1. The second-order valence-corrected chi connectivity index (χ2v) is 6.12. The third-order valence-electron chi connectivity index (χ3n) is 4.40. The van der Waals surface area contributed by atoms with Crippen LogP contribution in [0, 0.1) is 11.3 Å². The van der Waals surface area contributed by atoms with Gasteiger partial charge in [0, 0.05) is 51.0 Å². The monoisotopic (exact) mass is 351 g/mol. The maximum atomic E-state index is 12.1. The molecule has 0 bridgehead atoms. The fourth-order valence-corrected chi connectivity index (χ4v) is 3.00. The third-order valence-corrected chi connectivity index (χ3v) is 4.40. The number of phenols is 1. The van der Waals surface area contributed by atoms with Crippen molar-refractivity contribution in [3.63, 3.8) is 0 Å². The average Bonchev–Trinajstić information content (AvgIpc) is 2.68. The van der Waals surface area contributed by atoms with Crippen molar-refractivity contribution in [2.24, 2.45) is 0 Å². The number of benzene rings is 1. The Morgan fingerprint density at radius 3 is 2.77 bits per heavy atom. The molecule has 0 atom stereocenters. The van der Waals surface area contributed by atoms with Crippen LogP contribution in [-0.4, -0.2) is 60.2 Å². The Bertz CT molecular complexity index is 810. The molecular formula is C19H21N5O2. The maximum Gasteiger partial charge on any atom is 0.251 e. The van der Waals surface area contributed by atoms with Gasteiger partial charge < -0.3 is 15.3 Å². The zero-order valence-corrected chi connectivity index (χ0v) is 14.4. The second kappa shape index (κ2) is 8.32. The summed E-state index contributed by atoms with van der Waals surface area (Å²) in [4.78, 5) is 20.8. The number of anilines is 1. The van der Waals surface area contributed by atoms with Crippen molar-refractivity contribution in [2.45, 2.75) is 0 Å². The lowest BCUT2D eigenvalue weighted by Gasteiger charge is -2.35. The van der Waals surface area contributed by atoms with Crippen LogP contribution in [0.25, 0.3) is 0 Å². The fourth-order valence-electron chi connectivity index (χ4n) is 3.00. The minimum atomic E-state index is -0.188. The number of aromatic hydroxyl groups is 1. The highest BCUT2D eigenvalue weighted by molar-refractivity contribution is 5.94. The van der Waals surface area contributed by atoms with Crippen molar-refractivity contribution in [1.82, 2.24) is 15.2 Å². The number of rotatable bonds is 5. The van der Waals surface area contributed by atoms with E-state index in [1.165, 1.54) is 12.1 Å². The number of piperazine rings is 1. The molecule has 2 N–H and O–H groups in total. The molecule has 7 nitrogen and oxygen atoms in total. The van der Waals surface area contributed by atoms with Crippen LogP contribution in [0.4, 0.5) is 5.82 Å². The van der Waals surface area contributed by atoms with Gasteiger partial charge in [-0.05, 0) is 30.3 Å². The summed E-state index contributed by atoms with van der Waals surface area (Å²) in [6.07, 6.45) is 1.71. The first-order chi connectivity index (χ1) is 12.7. The Hall–Kier alpha value is -3.11. The summed E-state index contributed by atoms with van der Waals surface area (Å²) in [5.41, 5.74) is 1.05. The molecule has 134 valence electrons. The van der Waals surface area contributed by atoms with E-state index in [1.807, 2.05) is 0 Å². The molecule has 7 heteroatoms. The maximum absolute atomic E-state index is 12.1. The molecule has 1 aromatic carbocycles.